The molecular weight excluding hydrogens is 337 g/mol. The lowest BCUT2D eigenvalue weighted by Gasteiger charge is -2.37. The summed E-state index contributed by atoms with van der Waals surface area (Å²) in [4.78, 5) is 28.0. The first-order chi connectivity index (χ1) is 11.8. The van der Waals surface area contributed by atoms with Crippen LogP contribution in [-0.4, -0.2) is 55.5 Å². The molecule has 2 aliphatic rings. The zero-order valence-electron chi connectivity index (χ0n) is 13.7. The number of nitrogens with zero attached hydrogens (tertiary/aromatic N) is 2. The predicted octanol–water partition coefficient (Wildman–Crippen LogP) is 1.28. The van der Waals surface area contributed by atoms with E-state index in [1.54, 1.807) is 6.92 Å². The van der Waals surface area contributed by atoms with E-state index in [0.717, 1.165) is 25.2 Å². The summed E-state index contributed by atoms with van der Waals surface area (Å²) < 4.78 is 38.6. The zero-order chi connectivity index (χ0) is 18.2. The Labute approximate surface area is 143 Å². The van der Waals surface area contributed by atoms with Crippen LogP contribution in [0.2, 0.25) is 0 Å². The van der Waals surface area contributed by atoms with Gasteiger partial charge in [-0.15, -0.1) is 0 Å². The normalized spacial score (nSPS) is 20.0. The van der Waals surface area contributed by atoms with Gasteiger partial charge in [-0.1, -0.05) is 0 Å². The van der Waals surface area contributed by atoms with Crippen molar-refractivity contribution < 1.29 is 22.8 Å². The van der Waals surface area contributed by atoms with Crippen LogP contribution in [0.5, 0.6) is 0 Å². The van der Waals surface area contributed by atoms with Crippen LogP contribution >= 0.6 is 0 Å². The van der Waals surface area contributed by atoms with Crippen molar-refractivity contribution in [3.05, 3.63) is 23.8 Å². The van der Waals surface area contributed by atoms with Crippen LogP contribution in [-0.2, 0) is 15.8 Å². The van der Waals surface area contributed by atoms with Crippen LogP contribution in [0, 0.1) is 0 Å². The molecule has 0 saturated carbocycles. The van der Waals surface area contributed by atoms with E-state index in [1.807, 2.05) is 4.90 Å². The minimum atomic E-state index is -4.51. The number of hydrogen-bond donors (Lipinski definition) is 2. The van der Waals surface area contributed by atoms with Gasteiger partial charge in [-0.05, 0) is 25.1 Å². The number of alkyl halides is 3. The van der Waals surface area contributed by atoms with Gasteiger partial charge in [0.1, 0.15) is 6.54 Å². The summed E-state index contributed by atoms with van der Waals surface area (Å²) in [5.74, 6) is -0.801. The van der Waals surface area contributed by atoms with Crippen LogP contribution in [0.1, 0.15) is 12.5 Å². The van der Waals surface area contributed by atoms with Crippen molar-refractivity contribution >= 4 is 23.2 Å². The number of hydrogen-bond acceptors (Lipinski definition) is 4. The van der Waals surface area contributed by atoms with Gasteiger partial charge in [-0.25, -0.2) is 0 Å². The molecule has 1 atom stereocenters. The minimum Gasteiger partial charge on any atom is -0.323 e. The molecule has 0 spiro atoms. The Hall–Kier alpha value is -2.13. The molecule has 25 heavy (non-hydrogen) atoms. The number of anilines is 2. The summed E-state index contributed by atoms with van der Waals surface area (Å²) in [6, 6.07) is 2.57. The van der Waals surface area contributed by atoms with E-state index in [1.165, 1.54) is 11.0 Å². The molecule has 3 rings (SSSR count). The maximum atomic E-state index is 12.9. The third kappa shape index (κ3) is 3.62. The number of rotatable bonds is 2. The van der Waals surface area contributed by atoms with E-state index in [0.29, 0.717) is 18.8 Å². The lowest BCUT2D eigenvalue weighted by Crippen LogP contribution is -2.55. The van der Waals surface area contributed by atoms with E-state index >= 15 is 0 Å². The Balaban J connectivity index is 1.88. The highest BCUT2D eigenvalue weighted by Crippen LogP contribution is 2.37. The number of carbonyl (C=O) groups excluding carboxylic acids is 2. The summed E-state index contributed by atoms with van der Waals surface area (Å²) >= 11 is 0. The minimum absolute atomic E-state index is 0.00642. The first-order valence-electron chi connectivity index (χ1n) is 8.04. The molecule has 1 fully saturated rings. The second-order valence-corrected chi connectivity index (χ2v) is 6.16. The predicted molar refractivity (Wildman–Crippen MR) is 86.3 cm³/mol. The van der Waals surface area contributed by atoms with E-state index in [9.17, 15) is 22.8 Å². The van der Waals surface area contributed by atoms with E-state index < -0.39 is 23.7 Å². The van der Waals surface area contributed by atoms with Crippen LogP contribution in [0.4, 0.5) is 24.5 Å². The fourth-order valence-electron chi connectivity index (χ4n) is 3.11. The fraction of sp³-hybridized carbons (Fsp3) is 0.500. The van der Waals surface area contributed by atoms with Crippen LogP contribution in [0.25, 0.3) is 0 Å². The van der Waals surface area contributed by atoms with Crippen LogP contribution < -0.4 is 15.5 Å². The lowest BCUT2D eigenvalue weighted by atomic mass is 10.1. The second-order valence-electron chi connectivity index (χ2n) is 6.16. The second kappa shape index (κ2) is 6.64. The molecule has 9 heteroatoms. The molecule has 6 nitrogen and oxygen atoms in total. The van der Waals surface area contributed by atoms with Gasteiger partial charge in [0.2, 0.25) is 11.8 Å². The molecule has 2 heterocycles. The molecule has 0 bridgehead atoms. The van der Waals surface area contributed by atoms with Crippen molar-refractivity contribution in [2.75, 3.05) is 42.9 Å². The lowest BCUT2D eigenvalue weighted by molar-refractivity contribution is -0.137. The summed E-state index contributed by atoms with van der Waals surface area (Å²) in [5.41, 5.74) is -0.567. The molecule has 1 aromatic carbocycles. The number of nitrogens with one attached hydrogen (secondary N) is 2. The van der Waals surface area contributed by atoms with Gasteiger partial charge in [-0.3, -0.25) is 19.4 Å². The van der Waals surface area contributed by atoms with Crippen molar-refractivity contribution in [2.24, 2.45) is 0 Å². The monoisotopic (exact) mass is 356 g/mol. The van der Waals surface area contributed by atoms with Crippen molar-refractivity contribution in [1.29, 1.82) is 0 Å². The number of carbonyl (C=O) groups is 2. The van der Waals surface area contributed by atoms with E-state index in [2.05, 4.69) is 10.6 Å². The number of halogens is 3. The third-order valence-electron chi connectivity index (χ3n) is 4.51. The molecule has 0 radical (unpaired) electrons. The van der Waals surface area contributed by atoms with Gasteiger partial charge in [0.25, 0.3) is 0 Å². The Morgan fingerprint density at radius 3 is 2.56 bits per heavy atom. The van der Waals surface area contributed by atoms with Gasteiger partial charge < -0.3 is 10.6 Å². The Kier molecular flexibility index (Phi) is 4.70. The molecule has 2 amide bonds. The fourth-order valence-corrected chi connectivity index (χ4v) is 3.11. The van der Waals surface area contributed by atoms with Crippen molar-refractivity contribution in [3.63, 3.8) is 0 Å². The smallest absolute Gasteiger partial charge is 0.323 e. The summed E-state index contributed by atoms with van der Waals surface area (Å²) in [5, 5.41) is 5.61. The number of benzene rings is 1. The number of piperazine rings is 1. The molecular formula is C16H19F3N4O2. The largest absolute Gasteiger partial charge is 0.416 e. The van der Waals surface area contributed by atoms with E-state index in [-0.39, 0.29) is 18.1 Å². The average molecular weight is 356 g/mol. The molecule has 136 valence electrons. The van der Waals surface area contributed by atoms with Gasteiger partial charge in [0, 0.05) is 26.2 Å². The number of amides is 2. The highest BCUT2D eigenvalue weighted by Gasteiger charge is 2.36. The maximum Gasteiger partial charge on any atom is 0.416 e. The molecule has 1 unspecified atom stereocenters. The van der Waals surface area contributed by atoms with Gasteiger partial charge in [-0.2, -0.15) is 13.2 Å². The molecule has 0 aromatic heterocycles. The molecule has 1 saturated heterocycles. The summed E-state index contributed by atoms with van der Waals surface area (Å²) in [6.45, 7) is 4.49. The average Bonchev–Trinajstić information content (AvgIpc) is 2.59. The molecule has 2 aliphatic heterocycles. The number of fused-ring (bicyclic) bond motifs is 1. The first kappa shape index (κ1) is 17.7. The Morgan fingerprint density at radius 1 is 1.24 bits per heavy atom. The Morgan fingerprint density at radius 2 is 1.92 bits per heavy atom. The summed E-state index contributed by atoms with van der Waals surface area (Å²) in [6.07, 6.45) is -4.51. The van der Waals surface area contributed by atoms with Gasteiger partial charge >= 0.3 is 6.18 Å². The van der Waals surface area contributed by atoms with Gasteiger partial charge in [0.05, 0.1) is 23.0 Å². The third-order valence-corrected chi connectivity index (χ3v) is 4.51. The van der Waals surface area contributed by atoms with Crippen molar-refractivity contribution in [2.45, 2.75) is 19.1 Å². The molecule has 1 aromatic rings. The topological polar surface area (TPSA) is 64.7 Å². The highest BCUT2D eigenvalue weighted by molar-refractivity contribution is 6.11. The first-order valence-corrected chi connectivity index (χ1v) is 8.04. The highest BCUT2D eigenvalue weighted by atomic mass is 19.4. The van der Waals surface area contributed by atoms with Crippen LogP contribution in [0.15, 0.2) is 18.2 Å². The zero-order valence-corrected chi connectivity index (χ0v) is 13.7. The summed E-state index contributed by atoms with van der Waals surface area (Å²) in [7, 11) is 0. The van der Waals surface area contributed by atoms with E-state index in [4.69, 9.17) is 0 Å². The van der Waals surface area contributed by atoms with Crippen LogP contribution in [0.3, 0.4) is 0 Å². The quantitative estimate of drug-likeness (QED) is 0.838. The van der Waals surface area contributed by atoms with Gasteiger partial charge in [0.15, 0.2) is 0 Å². The molecule has 0 aliphatic carbocycles. The van der Waals surface area contributed by atoms with Crippen molar-refractivity contribution in [3.8, 4) is 0 Å². The Bertz CT molecular complexity index is 686. The molecule has 2 N–H and O–H groups in total. The standard InChI is InChI=1S/C16H19F3N4O2/c1-10(22-6-4-20-5-7-22)15(25)23-9-14(24)21-12-8-11(16(17,18)19)2-3-13(12)23/h2-3,8,10,20H,4-7,9H2,1H3,(H,21,24). The van der Waals surface area contributed by atoms with Crippen molar-refractivity contribution in [1.82, 2.24) is 10.2 Å². The SMILES string of the molecule is CC(C(=O)N1CC(=O)Nc2cc(C(F)(F)F)ccc21)N1CCNCC1. The maximum absolute atomic E-state index is 12.9.